The Hall–Kier alpha value is -1.95. The van der Waals surface area contributed by atoms with Crippen molar-refractivity contribution in [3.05, 3.63) is 56.4 Å². The summed E-state index contributed by atoms with van der Waals surface area (Å²) in [7, 11) is 0. The predicted octanol–water partition coefficient (Wildman–Crippen LogP) is 6.17. The largest absolute Gasteiger partial charge is 0.493 e. The number of halogens is 3. The van der Waals surface area contributed by atoms with E-state index in [0.717, 1.165) is 0 Å². The molecule has 0 aliphatic carbocycles. The number of rotatable bonds is 6. The number of fused-ring (bicyclic) bond motifs is 1. The molecule has 0 saturated carbocycles. The van der Waals surface area contributed by atoms with E-state index in [-0.39, 0.29) is 11.6 Å². The fourth-order valence-electron chi connectivity index (χ4n) is 2.65. The third-order valence-electron chi connectivity index (χ3n) is 3.73. The molecule has 0 radical (unpaired) electrons. The van der Waals surface area contributed by atoms with E-state index in [9.17, 15) is 10.0 Å². The van der Waals surface area contributed by atoms with Crippen LogP contribution in [-0.4, -0.2) is 16.3 Å². The minimum Gasteiger partial charge on any atom is -0.493 e. The number of nitroso groups, excluding NO2 is 1. The lowest BCUT2D eigenvalue weighted by molar-refractivity contribution is 0.298. The van der Waals surface area contributed by atoms with E-state index in [2.05, 4.69) is 5.18 Å². The molecular weight excluding hydrogens is 387 g/mol. The van der Waals surface area contributed by atoms with Gasteiger partial charge in [0.2, 0.25) is 5.88 Å². The summed E-state index contributed by atoms with van der Waals surface area (Å²) in [6.07, 6.45) is 0.555. The second-order valence-corrected chi connectivity index (χ2v) is 6.58. The summed E-state index contributed by atoms with van der Waals surface area (Å²) < 4.78 is 7.16. The van der Waals surface area contributed by atoms with Crippen molar-refractivity contribution < 1.29 is 9.84 Å². The van der Waals surface area contributed by atoms with Gasteiger partial charge in [-0.05, 0) is 35.9 Å². The molecule has 0 aliphatic rings. The van der Waals surface area contributed by atoms with Gasteiger partial charge >= 0.3 is 0 Å². The number of para-hydroxylation sites is 1. The molecule has 3 aromatic rings. The second kappa shape index (κ2) is 7.52. The van der Waals surface area contributed by atoms with Gasteiger partial charge in [-0.15, -0.1) is 4.91 Å². The fourth-order valence-corrected chi connectivity index (χ4v) is 3.44. The molecule has 0 amide bonds. The topological polar surface area (TPSA) is 63.8 Å². The first-order chi connectivity index (χ1) is 12.0. The molecule has 5 nitrogen and oxygen atoms in total. The minimum absolute atomic E-state index is 0.0774. The number of benzene rings is 2. The van der Waals surface area contributed by atoms with Gasteiger partial charge in [0.25, 0.3) is 0 Å². The number of ether oxygens (including phenoxy) is 1. The van der Waals surface area contributed by atoms with E-state index in [1.807, 2.05) is 12.1 Å². The first kappa shape index (κ1) is 17.9. The maximum atomic E-state index is 11.1. The third-order valence-corrected chi connectivity index (χ3v) is 4.55. The minimum atomic E-state index is -0.244. The fraction of sp³-hybridized carbons (Fsp3) is 0.176. The molecule has 3 rings (SSSR count). The summed E-state index contributed by atoms with van der Waals surface area (Å²) >= 11 is 18.2. The van der Waals surface area contributed by atoms with E-state index in [1.165, 1.54) is 4.57 Å². The van der Waals surface area contributed by atoms with Crippen LogP contribution in [0.25, 0.3) is 10.9 Å². The molecule has 8 heteroatoms. The molecule has 0 aliphatic heterocycles. The number of aromatic nitrogens is 1. The summed E-state index contributed by atoms with van der Waals surface area (Å²) in [6.45, 7) is 0.752. The lowest BCUT2D eigenvalue weighted by Crippen LogP contribution is -2.04. The number of nitrogens with zero attached hydrogens (tertiary/aromatic N) is 2. The predicted molar refractivity (Wildman–Crippen MR) is 101 cm³/mol. The van der Waals surface area contributed by atoms with Crippen LogP contribution in [0, 0.1) is 4.91 Å². The van der Waals surface area contributed by atoms with Crippen molar-refractivity contribution in [1.29, 1.82) is 0 Å². The van der Waals surface area contributed by atoms with E-state index >= 15 is 0 Å². The van der Waals surface area contributed by atoms with Gasteiger partial charge in [0, 0.05) is 17.0 Å². The van der Waals surface area contributed by atoms with Crippen molar-refractivity contribution >= 4 is 51.4 Å². The SMILES string of the molecule is O=Nc1c(O)n(CCCOc2ccccc2Cl)c2c(Cl)cc(Cl)cc12. The monoisotopic (exact) mass is 398 g/mol. The van der Waals surface area contributed by atoms with Crippen LogP contribution < -0.4 is 4.74 Å². The lowest BCUT2D eigenvalue weighted by atomic mass is 10.2. The molecule has 0 unspecified atom stereocenters. The van der Waals surface area contributed by atoms with Crippen molar-refractivity contribution in [3.63, 3.8) is 0 Å². The van der Waals surface area contributed by atoms with Crippen LogP contribution in [0.3, 0.4) is 0 Å². The molecule has 2 aromatic carbocycles. The maximum Gasteiger partial charge on any atom is 0.222 e. The van der Waals surface area contributed by atoms with Gasteiger partial charge in [-0.3, -0.25) is 0 Å². The molecule has 0 spiro atoms. The van der Waals surface area contributed by atoms with E-state index in [1.54, 1.807) is 24.3 Å². The zero-order chi connectivity index (χ0) is 18.0. The molecule has 1 N–H and O–H groups in total. The van der Waals surface area contributed by atoms with E-state index in [4.69, 9.17) is 39.5 Å². The Morgan fingerprint density at radius 2 is 1.88 bits per heavy atom. The summed E-state index contributed by atoms with van der Waals surface area (Å²) in [6, 6.07) is 10.3. The van der Waals surface area contributed by atoms with Crippen LogP contribution in [0.2, 0.25) is 15.1 Å². The molecule has 1 aromatic heterocycles. The van der Waals surface area contributed by atoms with Crippen LogP contribution in [-0.2, 0) is 6.54 Å². The Bertz CT molecular complexity index is 941. The van der Waals surface area contributed by atoms with Crippen LogP contribution in [0.15, 0.2) is 41.6 Å². The normalized spacial score (nSPS) is 11.0. The molecule has 0 atom stereocenters. The first-order valence-electron chi connectivity index (χ1n) is 7.44. The molecule has 1 heterocycles. The van der Waals surface area contributed by atoms with Gasteiger partial charge in [-0.1, -0.05) is 46.9 Å². The summed E-state index contributed by atoms with van der Waals surface area (Å²) in [4.78, 5) is 11.1. The average Bonchev–Trinajstić information content (AvgIpc) is 2.84. The summed E-state index contributed by atoms with van der Waals surface area (Å²) in [5.74, 6) is 0.345. The summed E-state index contributed by atoms with van der Waals surface area (Å²) in [5.41, 5.74) is 0.433. The number of hydrogen-bond acceptors (Lipinski definition) is 4. The van der Waals surface area contributed by atoms with Crippen LogP contribution in [0.4, 0.5) is 5.69 Å². The van der Waals surface area contributed by atoms with Gasteiger partial charge in [0.15, 0.2) is 5.69 Å². The molecule has 0 saturated heterocycles. The van der Waals surface area contributed by atoms with Crippen molar-refractivity contribution in [3.8, 4) is 11.6 Å². The molecule has 0 fully saturated rings. The number of aryl methyl sites for hydroxylation is 1. The first-order valence-corrected chi connectivity index (χ1v) is 8.57. The highest BCUT2D eigenvalue weighted by atomic mass is 35.5. The van der Waals surface area contributed by atoms with Crippen LogP contribution in [0.5, 0.6) is 11.6 Å². The van der Waals surface area contributed by atoms with Gasteiger partial charge in [-0.25, -0.2) is 0 Å². The Morgan fingerprint density at radius 3 is 2.60 bits per heavy atom. The van der Waals surface area contributed by atoms with Gasteiger partial charge in [0.05, 0.1) is 22.2 Å². The van der Waals surface area contributed by atoms with Crippen LogP contribution in [0.1, 0.15) is 6.42 Å². The van der Waals surface area contributed by atoms with Crippen molar-refractivity contribution in [2.45, 2.75) is 13.0 Å². The summed E-state index contributed by atoms with van der Waals surface area (Å²) in [5, 5.41) is 14.8. The van der Waals surface area contributed by atoms with Crippen molar-refractivity contribution in [2.75, 3.05) is 6.61 Å². The Morgan fingerprint density at radius 1 is 1.12 bits per heavy atom. The van der Waals surface area contributed by atoms with Gasteiger partial charge in [0.1, 0.15) is 5.75 Å². The Labute approximate surface area is 158 Å². The standard InChI is InChI=1S/C17H13Cl3N2O3/c18-10-8-11-15(21-24)17(23)22(16(11)13(20)9-10)6-3-7-25-14-5-2-1-4-12(14)19/h1-2,4-5,8-9,23H,3,6-7H2. The Kier molecular flexibility index (Phi) is 5.37. The number of aromatic hydroxyl groups is 1. The van der Waals surface area contributed by atoms with Gasteiger partial charge in [-0.2, -0.15) is 0 Å². The molecule has 25 heavy (non-hydrogen) atoms. The van der Waals surface area contributed by atoms with Crippen molar-refractivity contribution in [2.24, 2.45) is 5.18 Å². The second-order valence-electron chi connectivity index (χ2n) is 5.33. The molecule has 0 bridgehead atoms. The maximum absolute atomic E-state index is 11.1. The average molecular weight is 400 g/mol. The third kappa shape index (κ3) is 3.54. The quantitative estimate of drug-likeness (QED) is 0.398. The van der Waals surface area contributed by atoms with Gasteiger partial charge < -0.3 is 14.4 Å². The highest BCUT2D eigenvalue weighted by Gasteiger charge is 2.20. The zero-order valence-corrected chi connectivity index (χ0v) is 15.1. The van der Waals surface area contributed by atoms with E-state index in [0.29, 0.717) is 51.3 Å². The Balaban J connectivity index is 1.81. The number of hydrogen-bond donors (Lipinski definition) is 1. The zero-order valence-electron chi connectivity index (χ0n) is 12.9. The van der Waals surface area contributed by atoms with Crippen molar-refractivity contribution in [1.82, 2.24) is 4.57 Å². The molecule has 130 valence electrons. The molecular formula is C17H13Cl3N2O3. The lowest BCUT2D eigenvalue weighted by Gasteiger charge is -2.10. The smallest absolute Gasteiger partial charge is 0.222 e. The highest BCUT2D eigenvalue weighted by Crippen LogP contribution is 2.42. The highest BCUT2D eigenvalue weighted by molar-refractivity contribution is 6.39. The van der Waals surface area contributed by atoms with E-state index < -0.39 is 0 Å². The van der Waals surface area contributed by atoms with Crippen LogP contribution >= 0.6 is 34.8 Å².